The topological polar surface area (TPSA) is 53.4 Å². The molecule has 1 N–H and O–H groups in total. The van der Waals surface area contributed by atoms with E-state index in [0.717, 1.165) is 18.1 Å². The van der Waals surface area contributed by atoms with Crippen molar-refractivity contribution in [2.24, 2.45) is 0 Å². The average molecular weight is 214 g/mol. The SMILES string of the molecule is CCN(CCC(=O)O)Cc1nccs1. The standard InChI is InChI=1S/C9H14N2O2S/c1-2-11(5-3-9(12)13)7-8-10-4-6-14-8/h4,6H,2-3,5,7H2,1H3,(H,12,13). The van der Waals surface area contributed by atoms with Crippen LogP contribution in [0.3, 0.4) is 0 Å². The van der Waals surface area contributed by atoms with Crippen LogP contribution in [0, 0.1) is 0 Å². The average Bonchev–Trinajstić information content (AvgIpc) is 2.64. The van der Waals surface area contributed by atoms with Crippen molar-refractivity contribution in [3.8, 4) is 0 Å². The number of carbonyl (C=O) groups is 1. The van der Waals surface area contributed by atoms with Crippen LogP contribution >= 0.6 is 11.3 Å². The third-order valence-corrected chi connectivity index (χ3v) is 2.70. The van der Waals surface area contributed by atoms with Crippen molar-refractivity contribution in [3.05, 3.63) is 16.6 Å². The van der Waals surface area contributed by atoms with Crippen LogP contribution in [0.1, 0.15) is 18.4 Å². The predicted molar refractivity (Wildman–Crippen MR) is 55.3 cm³/mol. The quantitative estimate of drug-likeness (QED) is 0.778. The molecule has 0 fully saturated rings. The summed E-state index contributed by atoms with van der Waals surface area (Å²) in [5, 5.41) is 11.5. The minimum absolute atomic E-state index is 0.194. The lowest BCUT2D eigenvalue weighted by Gasteiger charge is -2.17. The minimum atomic E-state index is -0.748. The van der Waals surface area contributed by atoms with Gasteiger partial charge >= 0.3 is 5.97 Å². The van der Waals surface area contributed by atoms with Gasteiger partial charge in [0.1, 0.15) is 5.01 Å². The van der Waals surface area contributed by atoms with Crippen LogP contribution in [-0.4, -0.2) is 34.0 Å². The number of carboxylic acid groups (broad SMARTS) is 1. The first-order valence-corrected chi connectivity index (χ1v) is 5.43. The summed E-state index contributed by atoms with van der Waals surface area (Å²) >= 11 is 1.60. The number of carboxylic acids is 1. The van der Waals surface area contributed by atoms with Crippen molar-refractivity contribution in [2.75, 3.05) is 13.1 Å². The Hall–Kier alpha value is -0.940. The Labute approximate surface area is 87.2 Å². The highest BCUT2D eigenvalue weighted by molar-refractivity contribution is 7.09. The molecule has 0 saturated heterocycles. The van der Waals surface area contributed by atoms with E-state index < -0.39 is 5.97 Å². The van der Waals surface area contributed by atoms with Crippen LogP contribution in [0.15, 0.2) is 11.6 Å². The van der Waals surface area contributed by atoms with Crippen LogP contribution in [0.4, 0.5) is 0 Å². The monoisotopic (exact) mass is 214 g/mol. The van der Waals surface area contributed by atoms with E-state index in [1.807, 2.05) is 12.3 Å². The maximum atomic E-state index is 10.4. The van der Waals surface area contributed by atoms with Crippen LogP contribution < -0.4 is 0 Å². The molecule has 0 aliphatic rings. The van der Waals surface area contributed by atoms with Crippen LogP contribution in [0.2, 0.25) is 0 Å². The molecule has 0 aliphatic carbocycles. The number of aromatic nitrogens is 1. The van der Waals surface area contributed by atoms with E-state index >= 15 is 0 Å². The first-order valence-electron chi connectivity index (χ1n) is 4.55. The Morgan fingerprint density at radius 3 is 3.00 bits per heavy atom. The van der Waals surface area contributed by atoms with Gasteiger partial charge in [0.05, 0.1) is 13.0 Å². The number of hydrogen-bond acceptors (Lipinski definition) is 4. The Morgan fingerprint density at radius 1 is 1.71 bits per heavy atom. The molecule has 4 nitrogen and oxygen atoms in total. The van der Waals surface area contributed by atoms with E-state index in [1.165, 1.54) is 0 Å². The summed E-state index contributed by atoms with van der Waals surface area (Å²) < 4.78 is 0. The van der Waals surface area contributed by atoms with E-state index in [4.69, 9.17) is 5.11 Å². The summed E-state index contributed by atoms with van der Waals surface area (Å²) in [6.45, 7) is 4.22. The molecule has 1 aromatic rings. The molecule has 0 bridgehead atoms. The van der Waals surface area contributed by atoms with E-state index in [1.54, 1.807) is 17.5 Å². The lowest BCUT2D eigenvalue weighted by Crippen LogP contribution is -2.25. The first-order chi connectivity index (χ1) is 6.72. The fourth-order valence-corrected chi connectivity index (χ4v) is 1.78. The zero-order valence-corrected chi connectivity index (χ0v) is 8.96. The smallest absolute Gasteiger partial charge is 0.304 e. The van der Waals surface area contributed by atoms with E-state index in [0.29, 0.717) is 6.54 Å². The van der Waals surface area contributed by atoms with Crippen LogP contribution in [0.5, 0.6) is 0 Å². The molecule has 78 valence electrons. The lowest BCUT2D eigenvalue weighted by molar-refractivity contribution is -0.137. The molecule has 1 heterocycles. The van der Waals surface area contributed by atoms with Crippen molar-refractivity contribution >= 4 is 17.3 Å². The molecule has 5 heteroatoms. The summed E-state index contributed by atoms with van der Waals surface area (Å²) in [6, 6.07) is 0. The maximum absolute atomic E-state index is 10.4. The second-order valence-electron chi connectivity index (χ2n) is 2.94. The normalized spacial score (nSPS) is 10.7. The molecule has 1 rings (SSSR count). The Bertz CT molecular complexity index is 274. The molecular weight excluding hydrogens is 200 g/mol. The van der Waals surface area contributed by atoms with Gasteiger partial charge in [-0.3, -0.25) is 9.69 Å². The molecule has 0 aliphatic heterocycles. The third kappa shape index (κ3) is 3.85. The number of hydrogen-bond donors (Lipinski definition) is 1. The third-order valence-electron chi connectivity index (χ3n) is 1.93. The second kappa shape index (κ2) is 5.72. The highest BCUT2D eigenvalue weighted by atomic mass is 32.1. The molecule has 0 spiro atoms. The van der Waals surface area contributed by atoms with Crippen molar-refractivity contribution in [2.45, 2.75) is 19.9 Å². The number of nitrogens with zero attached hydrogens (tertiary/aromatic N) is 2. The molecule has 0 unspecified atom stereocenters. The summed E-state index contributed by atoms with van der Waals surface area (Å²) in [5.74, 6) is -0.748. The van der Waals surface area contributed by atoms with E-state index in [-0.39, 0.29) is 6.42 Å². The van der Waals surface area contributed by atoms with Crippen molar-refractivity contribution < 1.29 is 9.90 Å². The Kier molecular flexibility index (Phi) is 4.55. The number of rotatable bonds is 6. The molecule has 0 atom stereocenters. The van der Waals surface area contributed by atoms with Crippen molar-refractivity contribution in [3.63, 3.8) is 0 Å². The summed E-state index contributed by atoms with van der Waals surface area (Å²) in [5.41, 5.74) is 0. The lowest BCUT2D eigenvalue weighted by atomic mass is 10.4. The summed E-state index contributed by atoms with van der Waals surface area (Å²) in [7, 11) is 0. The molecule has 0 aromatic carbocycles. The first kappa shape index (κ1) is 11.1. The van der Waals surface area contributed by atoms with Crippen molar-refractivity contribution in [1.29, 1.82) is 0 Å². The van der Waals surface area contributed by atoms with Crippen LogP contribution in [-0.2, 0) is 11.3 Å². The zero-order valence-electron chi connectivity index (χ0n) is 8.14. The highest BCUT2D eigenvalue weighted by Gasteiger charge is 2.07. The highest BCUT2D eigenvalue weighted by Crippen LogP contribution is 2.08. The largest absolute Gasteiger partial charge is 0.481 e. The van der Waals surface area contributed by atoms with Gasteiger partial charge < -0.3 is 5.11 Å². The summed E-state index contributed by atoms with van der Waals surface area (Å²) in [6.07, 6.45) is 1.96. The Morgan fingerprint density at radius 2 is 2.50 bits per heavy atom. The van der Waals surface area contributed by atoms with E-state index in [2.05, 4.69) is 9.88 Å². The fraction of sp³-hybridized carbons (Fsp3) is 0.556. The van der Waals surface area contributed by atoms with Gasteiger partial charge in [-0.2, -0.15) is 0 Å². The van der Waals surface area contributed by atoms with Crippen molar-refractivity contribution in [1.82, 2.24) is 9.88 Å². The summed E-state index contributed by atoms with van der Waals surface area (Å²) in [4.78, 5) is 16.6. The van der Waals surface area contributed by atoms with Gasteiger partial charge in [-0.25, -0.2) is 4.98 Å². The van der Waals surface area contributed by atoms with Gasteiger partial charge in [0.15, 0.2) is 0 Å². The van der Waals surface area contributed by atoms with Gasteiger partial charge in [-0.05, 0) is 6.54 Å². The predicted octanol–water partition coefficient (Wildman–Crippen LogP) is 1.44. The van der Waals surface area contributed by atoms with Crippen LogP contribution in [0.25, 0.3) is 0 Å². The molecule has 0 saturated carbocycles. The van der Waals surface area contributed by atoms with Gasteiger partial charge in [-0.1, -0.05) is 6.92 Å². The Balaban J connectivity index is 2.35. The van der Waals surface area contributed by atoms with E-state index in [9.17, 15) is 4.79 Å². The second-order valence-corrected chi connectivity index (χ2v) is 3.92. The molecule has 0 amide bonds. The van der Waals surface area contributed by atoms with Gasteiger partial charge in [0.2, 0.25) is 0 Å². The maximum Gasteiger partial charge on any atom is 0.304 e. The molecule has 0 radical (unpaired) electrons. The van der Waals surface area contributed by atoms with Gasteiger partial charge in [-0.15, -0.1) is 11.3 Å². The molecule has 1 aromatic heterocycles. The fourth-order valence-electron chi connectivity index (χ4n) is 1.13. The van der Waals surface area contributed by atoms with Gasteiger partial charge in [0.25, 0.3) is 0 Å². The number of aliphatic carboxylic acids is 1. The molecule has 14 heavy (non-hydrogen) atoms. The minimum Gasteiger partial charge on any atom is -0.481 e. The number of thiazole rings is 1. The zero-order chi connectivity index (χ0) is 10.4. The van der Waals surface area contributed by atoms with Gasteiger partial charge in [0, 0.05) is 18.1 Å². The molecular formula is C9H14N2O2S.